The van der Waals surface area contributed by atoms with Crippen LogP contribution in [-0.2, 0) is 6.42 Å². The van der Waals surface area contributed by atoms with Crippen LogP contribution in [0.25, 0.3) is 0 Å². The Labute approximate surface area is 160 Å². The van der Waals surface area contributed by atoms with Crippen LogP contribution in [0.4, 0.5) is 0 Å². The maximum atomic E-state index is 11.1. The van der Waals surface area contributed by atoms with Crippen LogP contribution in [0.15, 0.2) is 18.2 Å². The van der Waals surface area contributed by atoms with Crippen LogP contribution in [0, 0.1) is 23.2 Å². The first kappa shape index (κ1) is 17.9. The molecule has 2 N–H and O–H groups in total. The summed E-state index contributed by atoms with van der Waals surface area (Å²) in [6, 6.07) is 6.01. The van der Waals surface area contributed by atoms with Gasteiger partial charge in [-0.2, -0.15) is 0 Å². The van der Waals surface area contributed by atoms with Crippen LogP contribution in [0.1, 0.15) is 68.9 Å². The number of aliphatic hydroxyl groups is 1. The minimum Gasteiger partial charge on any atom is -0.508 e. The summed E-state index contributed by atoms with van der Waals surface area (Å²) in [5.74, 6) is 2.91. The van der Waals surface area contributed by atoms with Crippen molar-refractivity contribution < 1.29 is 10.2 Å². The molecular formula is C22H31BrO2. The third-order valence-corrected chi connectivity index (χ3v) is 8.35. The monoisotopic (exact) mass is 406 g/mol. The van der Waals surface area contributed by atoms with Crippen LogP contribution in [0.5, 0.6) is 5.75 Å². The summed E-state index contributed by atoms with van der Waals surface area (Å²) >= 11 is 3.53. The highest BCUT2D eigenvalue weighted by Crippen LogP contribution is 2.62. The molecule has 0 bridgehead atoms. The molecule has 2 fully saturated rings. The fourth-order valence-corrected chi connectivity index (χ4v) is 6.89. The maximum absolute atomic E-state index is 11.1. The van der Waals surface area contributed by atoms with Crippen molar-refractivity contribution >= 4 is 15.9 Å². The highest BCUT2D eigenvalue weighted by molar-refractivity contribution is 9.09. The van der Waals surface area contributed by atoms with Crippen LogP contribution in [0.3, 0.4) is 0 Å². The van der Waals surface area contributed by atoms with Crippen LogP contribution >= 0.6 is 15.9 Å². The van der Waals surface area contributed by atoms with E-state index in [-0.39, 0.29) is 11.5 Å². The van der Waals surface area contributed by atoms with Gasteiger partial charge in [0.1, 0.15) is 5.75 Å². The molecule has 138 valence electrons. The molecule has 0 spiro atoms. The van der Waals surface area contributed by atoms with E-state index in [1.165, 1.54) is 49.7 Å². The number of aryl methyl sites for hydroxylation is 1. The summed E-state index contributed by atoms with van der Waals surface area (Å²) in [6.45, 7) is 2.37. The summed E-state index contributed by atoms with van der Waals surface area (Å²) in [7, 11) is 0. The second kappa shape index (κ2) is 6.88. The number of fused-ring (bicyclic) bond motifs is 5. The van der Waals surface area contributed by atoms with Crippen molar-refractivity contribution in [2.24, 2.45) is 23.2 Å². The van der Waals surface area contributed by atoms with Gasteiger partial charge < -0.3 is 10.2 Å². The van der Waals surface area contributed by atoms with Gasteiger partial charge in [-0.05, 0) is 97.3 Å². The zero-order chi connectivity index (χ0) is 17.6. The van der Waals surface area contributed by atoms with E-state index < -0.39 is 0 Å². The Morgan fingerprint density at radius 2 is 2.08 bits per heavy atom. The number of halogens is 1. The Kier molecular flexibility index (Phi) is 4.92. The van der Waals surface area contributed by atoms with Gasteiger partial charge in [0.05, 0.1) is 6.10 Å². The lowest BCUT2D eigenvalue weighted by Crippen LogP contribution is -2.44. The van der Waals surface area contributed by atoms with Crippen molar-refractivity contribution in [2.75, 3.05) is 5.33 Å². The van der Waals surface area contributed by atoms with E-state index in [2.05, 4.69) is 28.9 Å². The van der Waals surface area contributed by atoms with E-state index >= 15 is 0 Å². The summed E-state index contributed by atoms with van der Waals surface area (Å²) in [5, 5.41) is 22.0. The van der Waals surface area contributed by atoms with Gasteiger partial charge >= 0.3 is 0 Å². The van der Waals surface area contributed by atoms with Crippen LogP contribution < -0.4 is 0 Å². The predicted octanol–water partition coefficient (Wildman–Crippen LogP) is 5.40. The number of aliphatic hydroxyl groups excluding tert-OH is 1. The summed E-state index contributed by atoms with van der Waals surface area (Å²) in [4.78, 5) is 0. The smallest absolute Gasteiger partial charge is 0.115 e. The van der Waals surface area contributed by atoms with Crippen molar-refractivity contribution in [3.63, 3.8) is 0 Å². The Morgan fingerprint density at radius 1 is 1.24 bits per heavy atom. The zero-order valence-electron chi connectivity index (χ0n) is 15.3. The molecule has 1 aromatic rings. The van der Waals surface area contributed by atoms with E-state index in [1.807, 2.05) is 12.1 Å². The minimum absolute atomic E-state index is 0.116. The molecule has 3 heteroatoms. The normalized spacial score (nSPS) is 39.6. The molecule has 2 saturated carbocycles. The van der Waals surface area contributed by atoms with E-state index in [4.69, 9.17) is 0 Å². The number of hydrogen-bond acceptors (Lipinski definition) is 2. The molecule has 3 aliphatic rings. The Balaban J connectivity index is 1.56. The molecule has 1 aromatic carbocycles. The Bertz CT molecular complexity index is 630. The third-order valence-electron chi connectivity index (χ3n) is 7.79. The van der Waals surface area contributed by atoms with Gasteiger partial charge in [0.15, 0.2) is 0 Å². The highest BCUT2D eigenvalue weighted by atomic mass is 79.9. The quantitative estimate of drug-likeness (QED) is 0.518. The van der Waals surface area contributed by atoms with Crippen molar-refractivity contribution in [1.82, 2.24) is 0 Å². The van der Waals surface area contributed by atoms with Gasteiger partial charge in [0.25, 0.3) is 0 Å². The molecular weight excluding hydrogens is 376 g/mol. The molecule has 25 heavy (non-hydrogen) atoms. The topological polar surface area (TPSA) is 40.5 Å². The van der Waals surface area contributed by atoms with E-state index in [0.29, 0.717) is 29.4 Å². The lowest BCUT2D eigenvalue weighted by atomic mass is 9.55. The minimum atomic E-state index is -0.116. The Morgan fingerprint density at radius 3 is 2.88 bits per heavy atom. The first-order valence-corrected chi connectivity index (χ1v) is 11.2. The average Bonchev–Trinajstić information content (AvgIpc) is 2.86. The predicted molar refractivity (Wildman–Crippen MR) is 105 cm³/mol. The number of phenolic OH excluding ortho intramolecular Hbond substituents is 1. The van der Waals surface area contributed by atoms with Crippen molar-refractivity contribution in [1.29, 1.82) is 0 Å². The first-order chi connectivity index (χ1) is 12.0. The Hall–Kier alpha value is -0.540. The van der Waals surface area contributed by atoms with Crippen molar-refractivity contribution in [3.8, 4) is 5.75 Å². The summed E-state index contributed by atoms with van der Waals surface area (Å²) < 4.78 is 0. The number of unbranched alkanes of at least 4 members (excludes halogenated alkanes) is 1. The fourth-order valence-electron chi connectivity index (χ4n) is 6.50. The molecule has 0 aromatic heterocycles. The molecule has 0 amide bonds. The number of phenols is 1. The molecule has 0 radical (unpaired) electrons. The molecule has 0 saturated heterocycles. The van der Waals surface area contributed by atoms with Gasteiger partial charge in [0.2, 0.25) is 0 Å². The lowest BCUT2D eigenvalue weighted by Gasteiger charge is -2.50. The molecule has 0 aliphatic heterocycles. The largest absolute Gasteiger partial charge is 0.508 e. The van der Waals surface area contributed by atoms with Crippen molar-refractivity contribution in [2.45, 2.75) is 70.3 Å². The number of hydrogen-bond donors (Lipinski definition) is 2. The van der Waals surface area contributed by atoms with Gasteiger partial charge in [-0.3, -0.25) is 0 Å². The molecule has 6 atom stereocenters. The highest BCUT2D eigenvalue weighted by Gasteiger charge is 2.57. The number of rotatable bonds is 4. The van der Waals surface area contributed by atoms with Gasteiger partial charge in [-0.15, -0.1) is 0 Å². The first-order valence-electron chi connectivity index (χ1n) is 10.1. The second-order valence-electron chi connectivity index (χ2n) is 8.97. The average molecular weight is 407 g/mol. The van der Waals surface area contributed by atoms with Gasteiger partial charge in [-0.1, -0.05) is 35.3 Å². The second-order valence-corrected chi connectivity index (χ2v) is 9.76. The third kappa shape index (κ3) is 2.96. The van der Waals surface area contributed by atoms with E-state index in [9.17, 15) is 10.2 Å². The number of aromatic hydroxyl groups is 1. The standard InChI is InChI=1S/C22H31BrO2/c1-22-10-9-18-17-8-6-16(24)12-14(17)5-7-19(18)20(22)13-15(21(22)25)4-2-3-11-23/h6,8,12,15,18-21,24-25H,2-5,7,9-11,13H2,1H3/t15?,18-,19-,20+,21-,22+/m1/s1. The molecule has 2 nitrogen and oxygen atoms in total. The zero-order valence-corrected chi connectivity index (χ0v) is 16.8. The molecule has 0 heterocycles. The number of benzene rings is 1. The van der Waals surface area contributed by atoms with Crippen LogP contribution in [-0.4, -0.2) is 21.6 Å². The van der Waals surface area contributed by atoms with Gasteiger partial charge in [-0.25, -0.2) is 0 Å². The lowest BCUT2D eigenvalue weighted by molar-refractivity contribution is -0.0335. The molecule has 4 rings (SSSR count). The van der Waals surface area contributed by atoms with Gasteiger partial charge in [0, 0.05) is 5.33 Å². The van der Waals surface area contributed by atoms with Crippen molar-refractivity contribution in [3.05, 3.63) is 29.3 Å². The summed E-state index contributed by atoms with van der Waals surface area (Å²) in [6.07, 6.45) is 9.38. The van der Waals surface area contributed by atoms with E-state index in [1.54, 1.807) is 0 Å². The summed E-state index contributed by atoms with van der Waals surface area (Å²) in [5.41, 5.74) is 2.96. The van der Waals surface area contributed by atoms with Crippen LogP contribution in [0.2, 0.25) is 0 Å². The SMILES string of the molecule is C[C@]12CC[C@@H]3c4ccc(O)cc4CC[C@H]3[C@@H]1CC(CCCCBr)[C@H]2O. The fraction of sp³-hybridized carbons (Fsp3) is 0.727. The number of alkyl halides is 1. The van der Waals surface area contributed by atoms with E-state index in [0.717, 1.165) is 18.2 Å². The molecule has 3 aliphatic carbocycles. The maximum Gasteiger partial charge on any atom is 0.115 e. The molecule has 1 unspecified atom stereocenters.